The number of hydrogen-bond acceptors (Lipinski definition) is 3. The van der Waals surface area contributed by atoms with Gasteiger partial charge >= 0.3 is 0 Å². The molecule has 1 saturated heterocycles. The summed E-state index contributed by atoms with van der Waals surface area (Å²) >= 11 is 0. The summed E-state index contributed by atoms with van der Waals surface area (Å²) in [4.78, 5) is 31.4. The Morgan fingerprint density at radius 2 is 2.10 bits per heavy atom. The molecule has 0 N–H and O–H groups in total. The van der Waals surface area contributed by atoms with Gasteiger partial charge in [0.1, 0.15) is 6.54 Å². The van der Waals surface area contributed by atoms with E-state index in [9.17, 15) is 9.59 Å². The second-order valence-electron chi connectivity index (χ2n) is 4.99. The van der Waals surface area contributed by atoms with Crippen LogP contribution in [0.15, 0.2) is 30.6 Å². The molecule has 0 spiro atoms. The van der Waals surface area contributed by atoms with Gasteiger partial charge in [-0.2, -0.15) is 0 Å². The lowest BCUT2D eigenvalue weighted by Crippen LogP contribution is -2.51. The number of imidazole rings is 1. The largest absolute Gasteiger partial charge is 0.342 e. The topological polar surface area (TPSA) is 58.4 Å². The highest BCUT2D eigenvalue weighted by Gasteiger charge is 2.24. The van der Waals surface area contributed by atoms with Gasteiger partial charge in [0.2, 0.25) is 11.8 Å². The van der Waals surface area contributed by atoms with Gasteiger partial charge in [-0.25, -0.2) is 4.98 Å². The maximum Gasteiger partial charge on any atom is 0.243 e. The number of para-hydroxylation sites is 2. The molecule has 1 aromatic heterocycles. The summed E-state index contributed by atoms with van der Waals surface area (Å²) in [6.07, 6.45) is 1.67. The van der Waals surface area contributed by atoms with E-state index in [0.29, 0.717) is 13.1 Å². The lowest BCUT2D eigenvalue weighted by Gasteiger charge is -2.32. The van der Waals surface area contributed by atoms with Crippen LogP contribution in [-0.2, 0) is 16.1 Å². The molecule has 2 aromatic rings. The summed E-state index contributed by atoms with van der Waals surface area (Å²) in [5, 5.41) is 0. The van der Waals surface area contributed by atoms with Gasteiger partial charge in [-0.15, -0.1) is 0 Å². The van der Waals surface area contributed by atoms with Crippen LogP contribution in [0.4, 0.5) is 0 Å². The molecule has 1 aromatic carbocycles. The Morgan fingerprint density at radius 1 is 1.30 bits per heavy atom. The molecule has 1 aliphatic rings. The first kappa shape index (κ1) is 12.7. The number of aromatic nitrogens is 2. The lowest BCUT2D eigenvalue weighted by molar-refractivity contribution is -0.144. The minimum Gasteiger partial charge on any atom is -0.342 e. The first-order valence-corrected chi connectivity index (χ1v) is 6.57. The Bertz CT molecular complexity index is 664. The SMILES string of the molecule is CN1CCN(C(=O)Cn2cnc3ccccc32)CC1=O. The molecule has 20 heavy (non-hydrogen) atoms. The van der Waals surface area contributed by atoms with Crippen molar-refractivity contribution in [3.05, 3.63) is 30.6 Å². The monoisotopic (exact) mass is 272 g/mol. The van der Waals surface area contributed by atoms with Crippen molar-refractivity contribution >= 4 is 22.8 Å². The third-order valence-electron chi connectivity index (χ3n) is 3.64. The van der Waals surface area contributed by atoms with E-state index in [1.807, 2.05) is 28.8 Å². The number of nitrogens with zero attached hydrogens (tertiary/aromatic N) is 4. The molecule has 6 nitrogen and oxygen atoms in total. The number of carbonyl (C=O) groups excluding carboxylic acids is 2. The lowest BCUT2D eigenvalue weighted by atomic mass is 10.3. The number of amides is 2. The standard InChI is InChI=1S/C14H16N4O2/c1-16-6-7-17(8-13(16)19)14(20)9-18-10-15-11-4-2-3-5-12(11)18/h2-5,10H,6-9H2,1H3. The molecule has 0 unspecified atom stereocenters. The molecule has 0 aliphatic carbocycles. The van der Waals surface area contributed by atoms with Crippen LogP contribution in [0, 0.1) is 0 Å². The van der Waals surface area contributed by atoms with Gasteiger partial charge in [0.15, 0.2) is 0 Å². The van der Waals surface area contributed by atoms with Crippen LogP contribution in [0.25, 0.3) is 11.0 Å². The molecule has 104 valence electrons. The Labute approximate surface area is 116 Å². The Hall–Kier alpha value is -2.37. The highest BCUT2D eigenvalue weighted by Crippen LogP contribution is 2.12. The maximum atomic E-state index is 12.3. The number of piperazine rings is 1. The van der Waals surface area contributed by atoms with Crippen molar-refractivity contribution in [1.29, 1.82) is 0 Å². The third-order valence-corrected chi connectivity index (χ3v) is 3.64. The van der Waals surface area contributed by atoms with Gasteiger partial charge in [-0.3, -0.25) is 9.59 Å². The Kier molecular flexibility index (Phi) is 3.14. The quantitative estimate of drug-likeness (QED) is 0.792. The molecule has 2 amide bonds. The van der Waals surface area contributed by atoms with Crippen LogP contribution in [0.2, 0.25) is 0 Å². The van der Waals surface area contributed by atoms with Crippen LogP contribution in [0.3, 0.4) is 0 Å². The van der Waals surface area contributed by atoms with E-state index in [-0.39, 0.29) is 24.9 Å². The maximum absolute atomic E-state index is 12.3. The second-order valence-corrected chi connectivity index (χ2v) is 4.99. The number of rotatable bonds is 2. The van der Waals surface area contributed by atoms with Gasteiger partial charge in [0, 0.05) is 20.1 Å². The van der Waals surface area contributed by atoms with Crippen LogP contribution < -0.4 is 0 Å². The van der Waals surface area contributed by atoms with Gasteiger partial charge in [0.05, 0.1) is 23.9 Å². The van der Waals surface area contributed by atoms with Crippen LogP contribution >= 0.6 is 0 Å². The molecule has 0 radical (unpaired) electrons. The summed E-state index contributed by atoms with van der Waals surface area (Å²) in [6, 6.07) is 7.69. The van der Waals surface area contributed by atoms with Crippen molar-refractivity contribution in [1.82, 2.24) is 19.4 Å². The van der Waals surface area contributed by atoms with E-state index in [4.69, 9.17) is 0 Å². The van der Waals surface area contributed by atoms with Gasteiger partial charge in [-0.1, -0.05) is 12.1 Å². The average Bonchev–Trinajstić information content (AvgIpc) is 2.85. The highest BCUT2D eigenvalue weighted by molar-refractivity contribution is 5.86. The number of benzene rings is 1. The summed E-state index contributed by atoms with van der Waals surface area (Å²) in [7, 11) is 1.76. The number of hydrogen-bond donors (Lipinski definition) is 0. The molecule has 6 heteroatoms. The molecule has 3 rings (SSSR count). The van der Waals surface area contributed by atoms with Gasteiger partial charge < -0.3 is 14.4 Å². The molecule has 1 fully saturated rings. The van der Waals surface area contributed by atoms with Gasteiger partial charge in [0.25, 0.3) is 0 Å². The fraction of sp³-hybridized carbons (Fsp3) is 0.357. The summed E-state index contributed by atoms with van der Waals surface area (Å²) < 4.78 is 1.82. The predicted octanol–water partition coefficient (Wildman–Crippen LogP) is 0.337. The van der Waals surface area contributed by atoms with Gasteiger partial charge in [-0.05, 0) is 12.1 Å². The van der Waals surface area contributed by atoms with Crippen molar-refractivity contribution in [2.24, 2.45) is 0 Å². The van der Waals surface area contributed by atoms with E-state index in [1.54, 1.807) is 23.2 Å². The zero-order chi connectivity index (χ0) is 14.1. The van der Waals surface area contributed by atoms with Crippen LogP contribution in [0.5, 0.6) is 0 Å². The van der Waals surface area contributed by atoms with E-state index < -0.39 is 0 Å². The Morgan fingerprint density at radius 3 is 2.90 bits per heavy atom. The zero-order valence-electron chi connectivity index (χ0n) is 11.3. The molecule has 0 atom stereocenters. The minimum atomic E-state index is -0.0467. The Balaban J connectivity index is 1.74. The molecule has 0 saturated carbocycles. The second kappa shape index (κ2) is 4.96. The minimum absolute atomic E-state index is 0.0138. The molecule has 1 aliphatic heterocycles. The molecular weight excluding hydrogens is 256 g/mol. The van der Waals surface area contributed by atoms with E-state index in [1.165, 1.54) is 0 Å². The first-order valence-electron chi connectivity index (χ1n) is 6.57. The average molecular weight is 272 g/mol. The van der Waals surface area contributed by atoms with E-state index >= 15 is 0 Å². The third kappa shape index (κ3) is 2.24. The smallest absolute Gasteiger partial charge is 0.243 e. The number of carbonyl (C=O) groups is 2. The number of likely N-dealkylation sites (N-methyl/N-ethyl adjacent to an activating group) is 1. The van der Waals surface area contributed by atoms with E-state index in [0.717, 1.165) is 11.0 Å². The van der Waals surface area contributed by atoms with Crippen LogP contribution in [0.1, 0.15) is 0 Å². The molecular formula is C14H16N4O2. The summed E-state index contributed by atoms with van der Waals surface area (Å²) in [5.74, 6) is -0.0605. The van der Waals surface area contributed by atoms with Crippen molar-refractivity contribution in [3.8, 4) is 0 Å². The van der Waals surface area contributed by atoms with Crippen molar-refractivity contribution < 1.29 is 9.59 Å². The molecule has 2 heterocycles. The van der Waals surface area contributed by atoms with Crippen molar-refractivity contribution in [2.75, 3.05) is 26.7 Å². The normalized spacial score (nSPS) is 15.9. The van der Waals surface area contributed by atoms with Crippen molar-refractivity contribution in [3.63, 3.8) is 0 Å². The van der Waals surface area contributed by atoms with Crippen molar-refractivity contribution in [2.45, 2.75) is 6.54 Å². The van der Waals surface area contributed by atoms with E-state index in [2.05, 4.69) is 4.98 Å². The molecule has 0 bridgehead atoms. The summed E-state index contributed by atoms with van der Waals surface area (Å²) in [5.41, 5.74) is 1.80. The summed E-state index contributed by atoms with van der Waals surface area (Å²) in [6.45, 7) is 1.57. The fourth-order valence-electron chi connectivity index (χ4n) is 2.35. The number of fused-ring (bicyclic) bond motifs is 1. The van der Waals surface area contributed by atoms with Crippen LogP contribution in [-0.4, -0.2) is 57.8 Å². The fourth-order valence-corrected chi connectivity index (χ4v) is 2.35. The zero-order valence-corrected chi connectivity index (χ0v) is 11.3. The first-order chi connectivity index (χ1) is 9.65. The predicted molar refractivity (Wildman–Crippen MR) is 74.0 cm³/mol. The highest BCUT2D eigenvalue weighted by atomic mass is 16.2.